The number of hydrogen-bond donors (Lipinski definition) is 1. The Kier molecular flexibility index (Phi) is 5.90. The fourth-order valence-corrected chi connectivity index (χ4v) is 4.32. The van der Waals surface area contributed by atoms with Gasteiger partial charge in [0.2, 0.25) is 22.7 Å². The van der Waals surface area contributed by atoms with Gasteiger partial charge in [-0.3, -0.25) is 4.79 Å². The van der Waals surface area contributed by atoms with Gasteiger partial charge in [-0.2, -0.15) is 0 Å². The Hall–Kier alpha value is -2.58. The molecule has 3 rings (SSSR count). The lowest BCUT2D eigenvalue weighted by molar-refractivity contribution is -0.130. The van der Waals surface area contributed by atoms with Crippen LogP contribution in [0.4, 0.5) is 0 Å². The summed E-state index contributed by atoms with van der Waals surface area (Å²) in [4.78, 5) is 14.2. The molecule has 0 bridgehead atoms. The molecule has 1 heterocycles. The largest absolute Gasteiger partial charge is 0.454 e. The van der Waals surface area contributed by atoms with E-state index in [2.05, 4.69) is 4.72 Å². The highest BCUT2D eigenvalue weighted by atomic mass is 32.2. The molecule has 8 heteroatoms. The Morgan fingerprint density at radius 2 is 1.86 bits per heavy atom. The van der Waals surface area contributed by atoms with E-state index >= 15 is 0 Å². The number of rotatable bonds is 7. The molecular formula is C20H24N2O5S. The Morgan fingerprint density at radius 1 is 1.11 bits per heavy atom. The molecule has 0 atom stereocenters. The summed E-state index contributed by atoms with van der Waals surface area (Å²) in [6.07, 6.45) is 0.0745. The lowest BCUT2D eigenvalue weighted by Gasteiger charge is -2.18. The molecule has 0 unspecified atom stereocenters. The van der Waals surface area contributed by atoms with Crippen LogP contribution in [0.25, 0.3) is 0 Å². The minimum absolute atomic E-state index is 0.0417. The van der Waals surface area contributed by atoms with Gasteiger partial charge in [0.1, 0.15) is 0 Å². The molecule has 1 amide bonds. The van der Waals surface area contributed by atoms with Crippen LogP contribution in [0.5, 0.6) is 11.5 Å². The summed E-state index contributed by atoms with van der Waals surface area (Å²) < 4.78 is 38.1. The van der Waals surface area contributed by atoms with E-state index in [0.29, 0.717) is 23.6 Å². The minimum Gasteiger partial charge on any atom is -0.454 e. The van der Waals surface area contributed by atoms with Gasteiger partial charge in [0.15, 0.2) is 11.5 Å². The van der Waals surface area contributed by atoms with Crippen LogP contribution < -0.4 is 14.2 Å². The number of sulfonamides is 1. The smallest absolute Gasteiger partial charge is 0.240 e. The molecule has 7 nitrogen and oxygen atoms in total. The zero-order valence-corrected chi connectivity index (χ0v) is 17.0. The molecule has 0 saturated heterocycles. The normalized spacial score (nSPS) is 12.8. The predicted molar refractivity (Wildman–Crippen MR) is 105 cm³/mol. The lowest BCUT2D eigenvalue weighted by Crippen LogP contribution is -2.32. The SMILES string of the molecule is Cc1ccc(C)c(S(=O)(=O)NCCC(=O)N(C)Cc2ccc3c(c2)OCO3)c1. The molecule has 2 aromatic rings. The van der Waals surface area contributed by atoms with Crippen molar-refractivity contribution in [3.05, 3.63) is 53.1 Å². The van der Waals surface area contributed by atoms with Crippen LogP contribution in [0.1, 0.15) is 23.1 Å². The maximum Gasteiger partial charge on any atom is 0.240 e. The molecule has 0 radical (unpaired) electrons. The van der Waals surface area contributed by atoms with Gasteiger partial charge in [-0.15, -0.1) is 0 Å². The standard InChI is InChI=1S/C20H24N2O5S/c1-14-4-5-15(2)19(10-14)28(24,25)21-9-8-20(23)22(3)12-16-6-7-17-18(11-16)27-13-26-17/h4-7,10-11,21H,8-9,12-13H2,1-3H3. The molecule has 0 fully saturated rings. The molecule has 0 saturated carbocycles. The Bertz CT molecular complexity index is 988. The monoisotopic (exact) mass is 404 g/mol. The summed E-state index contributed by atoms with van der Waals surface area (Å²) in [7, 11) is -1.97. The molecule has 150 valence electrons. The van der Waals surface area contributed by atoms with Crippen LogP contribution in [0, 0.1) is 13.8 Å². The third kappa shape index (κ3) is 4.63. The molecule has 0 aliphatic carbocycles. The summed E-state index contributed by atoms with van der Waals surface area (Å²) >= 11 is 0. The van der Waals surface area contributed by atoms with Crippen molar-refractivity contribution in [2.24, 2.45) is 0 Å². The first-order chi connectivity index (χ1) is 13.3. The number of hydrogen-bond acceptors (Lipinski definition) is 5. The highest BCUT2D eigenvalue weighted by molar-refractivity contribution is 7.89. The van der Waals surface area contributed by atoms with Crippen molar-refractivity contribution in [1.82, 2.24) is 9.62 Å². The summed E-state index contributed by atoms with van der Waals surface area (Å²) in [5.74, 6) is 1.21. The van der Waals surface area contributed by atoms with Crippen molar-refractivity contribution in [3.63, 3.8) is 0 Å². The van der Waals surface area contributed by atoms with Gasteiger partial charge in [0, 0.05) is 26.6 Å². The zero-order valence-electron chi connectivity index (χ0n) is 16.2. The fourth-order valence-electron chi connectivity index (χ4n) is 2.96. The first-order valence-electron chi connectivity index (χ1n) is 8.96. The molecule has 1 N–H and O–H groups in total. The second-order valence-corrected chi connectivity index (χ2v) is 8.59. The number of carbonyl (C=O) groups excluding carboxylic acids is 1. The van der Waals surface area contributed by atoms with Crippen molar-refractivity contribution in [2.45, 2.75) is 31.7 Å². The Morgan fingerprint density at radius 3 is 2.64 bits per heavy atom. The highest BCUT2D eigenvalue weighted by Gasteiger charge is 2.19. The first kappa shape index (κ1) is 20.2. The Labute approximate surface area is 165 Å². The number of fused-ring (bicyclic) bond motifs is 1. The molecule has 1 aliphatic rings. The van der Waals surface area contributed by atoms with Crippen molar-refractivity contribution in [1.29, 1.82) is 0 Å². The number of nitrogens with one attached hydrogen (secondary N) is 1. The second kappa shape index (κ2) is 8.20. The van der Waals surface area contributed by atoms with E-state index < -0.39 is 10.0 Å². The van der Waals surface area contributed by atoms with Crippen LogP contribution in [-0.4, -0.2) is 39.6 Å². The van der Waals surface area contributed by atoms with Crippen molar-refractivity contribution >= 4 is 15.9 Å². The van der Waals surface area contributed by atoms with Crippen LogP contribution in [0.2, 0.25) is 0 Å². The van der Waals surface area contributed by atoms with Gasteiger partial charge in [-0.05, 0) is 48.7 Å². The van der Waals surface area contributed by atoms with E-state index in [1.165, 1.54) is 0 Å². The van der Waals surface area contributed by atoms with Crippen molar-refractivity contribution in [2.75, 3.05) is 20.4 Å². The number of aryl methyl sites for hydroxylation is 2. The van der Waals surface area contributed by atoms with Crippen molar-refractivity contribution < 1.29 is 22.7 Å². The number of nitrogens with zero attached hydrogens (tertiary/aromatic N) is 1. The van der Waals surface area contributed by atoms with Crippen LogP contribution in [0.3, 0.4) is 0 Å². The number of carbonyl (C=O) groups is 1. The third-order valence-electron chi connectivity index (χ3n) is 4.55. The Balaban J connectivity index is 1.54. The summed E-state index contributed by atoms with van der Waals surface area (Å²) in [5, 5.41) is 0. The molecule has 1 aliphatic heterocycles. The average molecular weight is 404 g/mol. The van der Waals surface area contributed by atoms with E-state index in [1.54, 1.807) is 31.0 Å². The third-order valence-corrected chi connectivity index (χ3v) is 6.15. The average Bonchev–Trinajstić information content (AvgIpc) is 3.11. The van der Waals surface area contributed by atoms with Crippen LogP contribution in [0.15, 0.2) is 41.3 Å². The fraction of sp³-hybridized carbons (Fsp3) is 0.350. The highest BCUT2D eigenvalue weighted by Crippen LogP contribution is 2.32. The van der Waals surface area contributed by atoms with Gasteiger partial charge in [-0.1, -0.05) is 18.2 Å². The van der Waals surface area contributed by atoms with Gasteiger partial charge in [-0.25, -0.2) is 13.1 Å². The number of amides is 1. The van der Waals surface area contributed by atoms with E-state index in [0.717, 1.165) is 11.1 Å². The maximum atomic E-state index is 12.5. The lowest BCUT2D eigenvalue weighted by atomic mass is 10.2. The van der Waals surface area contributed by atoms with E-state index in [-0.39, 0.29) is 30.6 Å². The van der Waals surface area contributed by atoms with Crippen LogP contribution >= 0.6 is 0 Å². The van der Waals surface area contributed by atoms with Gasteiger partial charge >= 0.3 is 0 Å². The predicted octanol–water partition coefficient (Wildman–Crippen LogP) is 2.36. The number of benzene rings is 2. The molecular weight excluding hydrogens is 380 g/mol. The summed E-state index contributed by atoms with van der Waals surface area (Å²) in [6, 6.07) is 10.8. The maximum absolute atomic E-state index is 12.5. The summed E-state index contributed by atoms with van der Waals surface area (Å²) in [5.41, 5.74) is 2.45. The first-order valence-corrected chi connectivity index (χ1v) is 10.4. The van der Waals surface area contributed by atoms with Crippen LogP contribution in [-0.2, 0) is 21.4 Å². The summed E-state index contributed by atoms with van der Waals surface area (Å²) in [6.45, 7) is 4.23. The van der Waals surface area contributed by atoms with Gasteiger partial charge < -0.3 is 14.4 Å². The molecule has 0 spiro atoms. The van der Waals surface area contributed by atoms with E-state index in [4.69, 9.17) is 9.47 Å². The van der Waals surface area contributed by atoms with Gasteiger partial charge in [0.25, 0.3) is 0 Å². The topological polar surface area (TPSA) is 84.9 Å². The van der Waals surface area contributed by atoms with E-state index in [1.807, 2.05) is 31.2 Å². The molecule has 2 aromatic carbocycles. The molecule has 28 heavy (non-hydrogen) atoms. The number of ether oxygens (including phenoxy) is 2. The minimum atomic E-state index is -3.65. The van der Waals surface area contributed by atoms with Crippen molar-refractivity contribution in [3.8, 4) is 11.5 Å². The zero-order chi connectivity index (χ0) is 20.3. The quantitative estimate of drug-likeness (QED) is 0.766. The van der Waals surface area contributed by atoms with Gasteiger partial charge in [0.05, 0.1) is 4.90 Å². The second-order valence-electron chi connectivity index (χ2n) is 6.85. The van der Waals surface area contributed by atoms with E-state index in [9.17, 15) is 13.2 Å². The molecule has 0 aromatic heterocycles.